The van der Waals surface area contributed by atoms with Gasteiger partial charge in [-0.25, -0.2) is 9.97 Å². The molecule has 0 saturated heterocycles. The monoisotopic (exact) mass is 286 g/mol. The Labute approximate surface area is 125 Å². The van der Waals surface area contributed by atoms with E-state index in [1.165, 1.54) is 0 Å². The Morgan fingerprint density at radius 2 is 1.76 bits per heavy atom. The van der Waals surface area contributed by atoms with Crippen molar-refractivity contribution < 1.29 is 4.74 Å². The van der Waals surface area contributed by atoms with Crippen LogP contribution in [-0.2, 0) is 6.54 Å². The van der Waals surface area contributed by atoms with E-state index in [1.807, 2.05) is 38.1 Å². The van der Waals surface area contributed by atoms with Crippen molar-refractivity contribution in [1.29, 1.82) is 0 Å². The van der Waals surface area contributed by atoms with Crippen LogP contribution in [0.2, 0.25) is 0 Å². The molecular formula is C16H22N4O. The highest BCUT2D eigenvalue weighted by Crippen LogP contribution is 2.16. The summed E-state index contributed by atoms with van der Waals surface area (Å²) in [5.74, 6) is 1.60. The van der Waals surface area contributed by atoms with E-state index in [-0.39, 0.29) is 0 Å². The Kier molecular flexibility index (Phi) is 5.51. The molecule has 0 amide bonds. The van der Waals surface area contributed by atoms with E-state index in [1.54, 1.807) is 7.11 Å². The molecule has 1 aromatic heterocycles. The Bertz CT molecular complexity index is 566. The van der Waals surface area contributed by atoms with Crippen LogP contribution in [0, 0.1) is 13.8 Å². The van der Waals surface area contributed by atoms with Gasteiger partial charge < -0.3 is 15.4 Å². The Morgan fingerprint density at radius 1 is 1.05 bits per heavy atom. The fraction of sp³-hybridized carbons (Fsp3) is 0.375. The number of aromatic nitrogens is 2. The Morgan fingerprint density at radius 3 is 2.48 bits per heavy atom. The molecule has 2 aromatic rings. The zero-order chi connectivity index (χ0) is 15.1. The lowest BCUT2D eigenvalue weighted by atomic mass is 10.2. The van der Waals surface area contributed by atoms with Gasteiger partial charge in [0.25, 0.3) is 0 Å². The number of rotatable bonds is 7. The van der Waals surface area contributed by atoms with Crippen molar-refractivity contribution in [2.75, 3.05) is 25.5 Å². The molecule has 0 aliphatic carbocycles. The van der Waals surface area contributed by atoms with Crippen LogP contribution < -0.4 is 15.4 Å². The third-order valence-electron chi connectivity index (χ3n) is 3.08. The van der Waals surface area contributed by atoms with Gasteiger partial charge in [-0.05, 0) is 26.0 Å². The fourth-order valence-electron chi connectivity index (χ4n) is 2.14. The SMILES string of the molecule is COc1ccccc1CNCCNc1nc(C)cc(C)n1. The number of nitrogens with zero attached hydrogens (tertiary/aromatic N) is 2. The third-order valence-corrected chi connectivity index (χ3v) is 3.08. The van der Waals surface area contributed by atoms with Crippen molar-refractivity contribution in [2.24, 2.45) is 0 Å². The van der Waals surface area contributed by atoms with Gasteiger partial charge in [0.2, 0.25) is 5.95 Å². The third kappa shape index (κ3) is 4.72. The van der Waals surface area contributed by atoms with E-state index < -0.39 is 0 Å². The van der Waals surface area contributed by atoms with Crippen molar-refractivity contribution >= 4 is 5.95 Å². The van der Waals surface area contributed by atoms with Gasteiger partial charge >= 0.3 is 0 Å². The van der Waals surface area contributed by atoms with E-state index in [9.17, 15) is 0 Å². The van der Waals surface area contributed by atoms with E-state index in [0.717, 1.165) is 42.3 Å². The first-order valence-electron chi connectivity index (χ1n) is 7.08. The average molecular weight is 286 g/mol. The van der Waals surface area contributed by atoms with Crippen LogP contribution in [0.15, 0.2) is 30.3 Å². The molecule has 0 fully saturated rings. The molecule has 1 aromatic carbocycles. The summed E-state index contributed by atoms with van der Waals surface area (Å²) in [4.78, 5) is 8.69. The number of benzene rings is 1. The lowest BCUT2D eigenvalue weighted by molar-refractivity contribution is 0.408. The van der Waals surface area contributed by atoms with Gasteiger partial charge in [-0.1, -0.05) is 18.2 Å². The fourth-order valence-corrected chi connectivity index (χ4v) is 2.14. The number of aryl methyl sites for hydroxylation is 2. The van der Waals surface area contributed by atoms with Crippen LogP contribution in [0.4, 0.5) is 5.95 Å². The van der Waals surface area contributed by atoms with Crippen LogP contribution in [0.1, 0.15) is 17.0 Å². The van der Waals surface area contributed by atoms with E-state index in [2.05, 4.69) is 26.7 Å². The molecule has 0 radical (unpaired) electrons. The molecule has 2 N–H and O–H groups in total. The average Bonchev–Trinajstić information content (AvgIpc) is 2.46. The molecular weight excluding hydrogens is 264 g/mol. The number of ether oxygens (including phenoxy) is 1. The molecule has 1 heterocycles. The van der Waals surface area contributed by atoms with Gasteiger partial charge in [0.1, 0.15) is 5.75 Å². The highest BCUT2D eigenvalue weighted by atomic mass is 16.5. The van der Waals surface area contributed by atoms with Crippen molar-refractivity contribution in [3.8, 4) is 5.75 Å². The molecule has 2 rings (SSSR count). The molecule has 0 aliphatic rings. The van der Waals surface area contributed by atoms with E-state index in [0.29, 0.717) is 5.95 Å². The highest BCUT2D eigenvalue weighted by Gasteiger charge is 2.01. The second-order valence-electron chi connectivity index (χ2n) is 4.89. The van der Waals surface area contributed by atoms with Gasteiger partial charge in [0.15, 0.2) is 0 Å². The molecule has 5 heteroatoms. The zero-order valence-corrected chi connectivity index (χ0v) is 12.8. The maximum absolute atomic E-state index is 5.32. The predicted octanol–water partition coefficient (Wildman–Crippen LogP) is 2.30. The summed E-state index contributed by atoms with van der Waals surface area (Å²) in [6.07, 6.45) is 0. The second-order valence-corrected chi connectivity index (χ2v) is 4.89. The first-order valence-corrected chi connectivity index (χ1v) is 7.08. The van der Waals surface area contributed by atoms with Gasteiger partial charge in [-0.2, -0.15) is 0 Å². The van der Waals surface area contributed by atoms with Crippen LogP contribution in [0.3, 0.4) is 0 Å². The molecule has 5 nitrogen and oxygen atoms in total. The zero-order valence-electron chi connectivity index (χ0n) is 12.8. The lowest BCUT2D eigenvalue weighted by Gasteiger charge is -2.10. The first kappa shape index (κ1) is 15.3. The predicted molar refractivity (Wildman–Crippen MR) is 84.7 cm³/mol. The normalized spacial score (nSPS) is 10.4. The quantitative estimate of drug-likeness (QED) is 0.765. The minimum absolute atomic E-state index is 0.687. The maximum atomic E-state index is 5.32. The van der Waals surface area contributed by atoms with Gasteiger partial charge in [-0.3, -0.25) is 0 Å². The summed E-state index contributed by atoms with van der Waals surface area (Å²) in [6, 6.07) is 9.98. The first-order chi connectivity index (χ1) is 10.2. The number of para-hydroxylation sites is 1. The lowest BCUT2D eigenvalue weighted by Crippen LogP contribution is -2.22. The molecule has 112 valence electrons. The van der Waals surface area contributed by atoms with Gasteiger partial charge in [0.05, 0.1) is 7.11 Å². The number of hydrogen-bond donors (Lipinski definition) is 2. The molecule has 0 atom stereocenters. The number of hydrogen-bond acceptors (Lipinski definition) is 5. The smallest absolute Gasteiger partial charge is 0.223 e. The molecule has 0 unspecified atom stereocenters. The van der Waals surface area contributed by atoms with Crippen molar-refractivity contribution in [1.82, 2.24) is 15.3 Å². The summed E-state index contributed by atoms with van der Waals surface area (Å²) >= 11 is 0. The minimum Gasteiger partial charge on any atom is -0.496 e. The van der Waals surface area contributed by atoms with Crippen LogP contribution in [0.5, 0.6) is 5.75 Å². The summed E-state index contributed by atoms with van der Waals surface area (Å²) < 4.78 is 5.32. The number of anilines is 1. The van der Waals surface area contributed by atoms with Crippen molar-refractivity contribution in [3.63, 3.8) is 0 Å². The topological polar surface area (TPSA) is 59.1 Å². The van der Waals surface area contributed by atoms with Crippen molar-refractivity contribution in [3.05, 3.63) is 47.3 Å². The van der Waals surface area contributed by atoms with Gasteiger partial charge in [-0.15, -0.1) is 0 Å². The molecule has 0 aliphatic heterocycles. The summed E-state index contributed by atoms with van der Waals surface area (Å²) in [7, 11) is 1.69. The number of methoxy groups -OCH3 is 1. The molecule has 0 spiro atoms. The van der Waals surface area contributed by atoms with E-state index in [4.69, 9.17) is 4.74 Å². The summed E-state index contributed by atoms with van der Waals surface area (Å²) in [6.45, 7) is 6.32. The Balaban J connectivity index is 1.75. The van der Waals surface area contributed by atoms with Crippen LogP contribution >= 0.6 is 0 Å². The van der Waals surface area contributed by atoms with Crippen LogP contribution in [0.25, 0.3) is 0 Å². The highest BCUT2D eigenvalue weighted by molar-refractivity contribution is 5.33. The minimum atomic E-state index is 0.687. The molecule has 21 heavy (non-hydrogen) atoms. The number of nitrogens with one attached hydrogen (secondary N) is 2. The largest absolute Gasteiger partial charge is 0.496 e. The standard InChI is InChI=1S/C16H22N4O/c1-12-10-13(2)20-16(19-12)18-9-8-17-11-14-6-4-5-7-15(14)21-3/h4-7,10,17H,8-9,11H2,1-3H3,(H,18,19,20). The molecule has 0 bridgehead atoms. The van der Waals surface area contributed by atoms with Crippen LogP contribution in [-0.4, -0.2) is 30.2 Å². The maximum Gasteiger partial charge on any atom is 0.223 e. The van der Waals surface area contributed by atoms with E-state index >= 15 is 0 Å². The molecule has 0 saturated carbocycles. The summed E-state index contributed by atoms with van der Waals surface area (Å²) in [5, 5.41) is 6.60. The van der Waals surface area contributed by atoms with Crippen molar-refractivity contribution in [2.45, 2.75) is 20.4 Å². The Hall–Kier alpha value is -2.14. The van der Waals surface area contributed by atoms with Gasteiger partial charge in [0, 0.05) is 36.6 Å². The second kappa shape index (κ2) is 7.59. The summed E-state index contributed by atoms with van der Waals surface area (Å²) in [5.41, 5.74) is 3.11.